The molecule has 0 aromatic carbocycles. The Bertz CT molecular complexity index is 432. The van der Waals surface area contributed by atoms with Crippen LogP contribution in [0.25, 0.3) is 0 Å². The Labute approximate surface area is 132 Å². The fraction of sp³-hybridized carbons (Fsp3) is 0.882. The summed E-state index contributed by atoms with van der Waals surface area (Å²) >= 11 is 0. The maximum atomic E-state index is 12.6. The predicted molar refractivity (Wildman–Crippen MR) is 83.5 cm³/mol. The topological polar surface area (TPSA) is 60.9 Å². The van der Waals surface area contributed by atoms with Crippen LogP contribution in [0.15, 0.2) is 0 Å². The van der Waals surface area contributed by atoms with Gasteiger partial charge in [0.2, 0.25) is 5.91 Å². The maximum absolute atomic E-state index is 12.6. The number of hydrogen-bond acceptors (Lipinski definition) is 3. The van der Waals surface area contributed by atoms with Crippen molar-refractivity contribution in [3.63, 3.8) is 0 Å². The van der Waals surface area contributed by atoms with Crippen LogP contribution in [0.5, 0.6) is 0 Å². The molecule has 3 unspecified atom stereocenters. The van der Waals surface area contributed by atoms with Gasteiger partial charge in [0.25, 0.3) is 0 Å². The molecule has 22 heavy (non-hydrogen) atoms. The quantitative estimate of drug-likeness (QED) is 0.866. The van der Waals surface area contributed by atoms with E-state index in [2.05, 4.69) is 6.92 Å². The highest BCUT2D eigenvalue weighted by atomic mass is 16.4. The molecule has 3 rings (SSSR count). The van der Waals surface area contributed by atoms with Crippen molar-refractivity contribution in [3.05, 3.63) is 0 Å². The van der Waals surface area contributed by atoms with Crippen molar-refractivity contribution < 1.29 is 14.7 Å². The van der Waals surface area contributed by atoms with Gasteiger partial charge in [0.15, 0.2) is 0 Å². The van der Waals surface area contributed by atoms with E-state index in [-0.39, 0.29) is 5.91 Å². The molecule has 0 bridgehead atoms. The van der Waals surface area contributed by atoms with Crippen molar-refractivity contribution in [3.8, 4) is 0 Å². The minimum absolute atomic E-state index is 0.129. The fourth-order valence-corrected chi connectivity index (χ4v) is 4.54. The van der Waals surface area contributed by atoms with Gasteiger partial charge in [0.1, 0.15) is 6.04 Å². The highest BCUT2D eigenvalue weighted by Crippen LogP contribution is 2.39. The average molecular weight is 308 g/mol. The minimum Gasteiger partial charge on any atom is -0.480 e. The van der Waals surface area contributed by atoms with E-state index in [1.807, 2.05) is 9.80 Å². The normalized spacial score (nSPS) is 33.7. The number of nitrogens with zero attached hydrogens (tertiary/aromatic N) is 2. The Morgan fingerprint density at radius 3 is 2.45 bits per heavy atom. The number of carbonyl (C=O) groups excluding carboxylic acids is 1. The number of hydrogen-bond donors (Lipinski definition) is 1. The Morgan fingerprint density at radius 2 is 1.77 bits per heavy atom. The van der Waals surface area contributed by atoms with Gasteiger partial charge in [-0.2, -0.15) is 0 Å². The summed E-state index contributed by atoms with van der Waals surface area (Å²) in [6, 6.07) is -0.150. The second-order valence-electron chi connectivity index (χ2n) is 7.44. The van der Waals surface area contributed by atoms with Crippen molar-refractivity contribution in [2.45, 2.75) is 64.0 Å². The van der Waals surface area contributed by atoms with Gasteiger partial charge in [0, 0.05) is 19.1 Å². The van der Waals surface area contributed by atoms with Crippen molar-refractivity contribution in [1.29, 1.82) is 0 Å². The highest BCUT2D eigenvalue weighted by molar-refractivity contribution is 5.80. The predicted octanol–water partition coefficient (Wildman–Crippen LogP) is 1.96. The van der Waals surface area contributed by atoms with E-state index < -0.39 is 12.0 Å². The molecule has 2 heterocycles. The van der Waals surface area contributed by atoms with E-state index in [0.717, 1.165) is 45.2 Å². The molecule has 3 fully saturated rings. The number of carboxylic acid groups (broad SMARTS) is 1. The largest absolute Gasteiger partial charge is 0.480 e. The van der Waals surface area contributed by atoms with Crippen LogP contribution in [0.3, 0.4) is 0 Å². The zero-order valence-electron chi connectivity index (χ0n) is 13.5. The lowest BCUT2D eigenvalue weighted by Crippen LogP contribution is -2.49. The number of fused-ring (bicyclic) bond motifs is 1. The van der Waals surface area contributed by atoms with Crippen LogP contribution < -0.4 is 0 Å². The Kier molecular flexibility index (Phi) is 4.71. The smallest absolute Gasteiger partial charge is 0.320 e. The molecule has 1 aliphatic carbocycles. The van der Waals surface area contributed by atoms with Crippen molar-refractivity contribution >= 4 is 11.9 Å². The molecule has 1 saturated carbocycles. The Morgan fingerprint density at radius 1 is 1.09 bits per heavy atom. The summed E-state index contributed by atoms with van der Waals surface area (Å²) in [6.45, 7) is 4.20. The Hall–Kier alpha value is -1.10. The van der Waals surface area contributed by atoms with Crippen LogP contribution in [-0.4, -0.2) is 58.5 Å². The second kappa shape index (κ2) is 6.57. The first-order valence-corrected chi connectivity index (χ1v) is 8.82. The molecule has 2 aliphatic heterocycles. The molecule has 5 nitrogen and oxygen atoms in total. The van der Waals surface area contributed by atoms with E-state index in [4.69, 9.17) is 0 Å². The van der Waals surface area contributed by atoms with Gasteiger partial charge in [-0.1, -0.05) is 19.8 Å². The first-order valence-electron chi connectivity index (χ1n) is 8.82. The third kappa shape index (κ3) is 3.14. The van der Waals surface area contributed by atoms with Crippen molar-refractivity contribution in [2.75, 3.05) is 19.6 Å². The summed E-state index contributed by atoms with van der Waals surface area (Å²) in [5.74, 6) is 0.549. The number of piperidine rings is 1. The molecule has 124 valence electrons. The van der Waals surface area contributed by atoms with Gasteiger partial charge in [-0.15, -0.1) is 0 Å². The van der Waals surface area contributed by atoms with Crippen LogP contribution in [0, 0.1) is 11.8 Å². The van der Waals surface area contributed by atoms with Crippen LogP contribution in [-0.2, 0) is 9.59 Å². The SMILES string of the molecule is CC1CCN(C(=O)CN2C(C(=O)O)CC3CCCCC32)CC1. The van der Waals surface area contributed by atoms with Gasteiger partial charge < -0.3 is 10.0 Å². The summed E-state index contributed by atoms with van der Waals surface area (Å²) in [4.78, 5) is 28.1. The first kappa shape index (κ1) is 15.8. The number of carbonyl (C=O) groups is 2. The third-order valence-electron chi connectivity index (χ3n) is 5.96. The van der Waals surface area contributed by atoms with E-state index in [1.54, 1.807) is 0 Å². The van der Waals surface area contributed by atoms with Gasteiger partial charge in [-0.25, -0.2) is 0 Å². The molecule has 3 atom stereocenters. The van der Waals surface area contributed by atoms with Crippen LogP contribution in [0.1, 0.15) is 51.9 Å². The lowest BCUT2D eigenvalue weighted by molar-refractivity contribution is -0.144. The van der Waals surface area contributed by atoms with Gasteiger partial charge in [-0.3, -0.25) is 14.5 Å². The third-order valence-corrected chi connectivity index (χ3v) is 5.96. The maximum Gasteiger partial charge on any atom is 0.320 e. The number of rotatable bonds is 3. The first-order chi connectivity index (χ1) is 10.6. The van der Waals surface area contributed by atoms with E-state index in [1.165, 1.54) is 12.8 Å². The summed E-state index contributed by atoms with van der Waals surface area (Å²) in [5.41, 5.74) is 0. The van der Waals surface area contributed by atoms with E-state index in [0.29, 0.717) is 24.4 Å². The number of likely N-dealkylation sites (tertiary alicyclic amines) is 2. The molecule has 0 aromatic rings. The zero-order chi connectivity index (χ0) is 15.7. The summed E-state index contributed by atoms with van der Waals surface area (Å²) in [6.07, 6.45) is 7.42. The molecule has 0 radical (unpaired) electrons. The average Bonchev–Trinajstić information content (AvgIpc) is 2.87. The zero-order valence-corrected chi connectivity index (χ0v) is 13.5. The van der Waals surface area contributed by atoms with Crippen molar-refractivity contribution in [1.82, 2.24) is 9.80 Å². The van der Waals surface area contributed by atoms with Crippen LogP contribution in [0.4, 0.5) is 0 Å². The second-order valence-corrected chi connectivity index (χ2v) is 7.44. The molecule has 2 saturated heterocycles. The Balaban J connectivity index is 1.65. The molecule has 0 aromatic heterocycles. The summed E-state index contributed by atoms with van der Waals surface area (Å²) < 4.78 is 0. The van der Waals surface area contributed by atoms with E-state index in [9.17, 15) is 14.7 Å². The van der Waals surface area contributed by atoms with Crippen LogP contribution in [0.2, 0.25) is 0 Å². The molecule has 5 heteroatoms. The molecular formula is C17H28N2O3. The number of carboxylic acids is 1. The standard InChI is InChI=1S/C17H28N2O3/c1-12-6-8-18(9-7-12)16(20)11-19-14-5-3-2-4-13(14)10-15(19)17(21)22/h12-15H,2-11H2,1H3,(H,21,22). The van der Waals surface area contributed by atoms with Gasteiger partial charge in [-0.05, 0) is 43.9 Å². The highest BCUT2D eigenvalue weighted by Gasteiger charge is 2.46. The fourth-order valence-electron chi connectivity index (χ4n) is 4.54. The summed E-state index contributed by atoms with van der Waals surface area (Å²) in [5, 5.41) is 9.52. The number of aliphatic carboxylic acids is 1. The molecule has 1 N–H and O–H groups in total. The molecule has 1 amide bonds. The van der Waals surface area contributed by atoms with Gasteiger partial charge >= 0.3 is 5.97 Å². The monoisotopic (exact) mass is 308 g/mol. The molecule has 0 spiro atoms. The van der Waals surface area contributed by atoms with Gasteiger partial charge in [0.05, 0.1) is 6.54 Å². The summed E-state index contributed by atoms with van der Waals surface area (Å²) in [7, 11) is 0. The molecular weight excluding hydrogens is 280 g/mol. The van der Waals surface area contributed by atoms with Crippen molar-refractivity contribution in [2.24, 2.45) is 11.8 Å². The lowest BCUT2D eigenvalue weighted by Gasteiger charge is -2.35. The van der Waals surface area contributed by atoms with Crippen LogP contribution >= 0.6 is 0 Å². The lowest BCUT2D eigenvalue weighted by atomic mass is 9.85. The number of amides is 1. The molecule has 3 aliphatic rings. The van der Waals surface area contributed by atoms with E-state index >= 15 is 0 Å². The minimum atomic E-state index is -0.755.